The molecule has 0 atom stereocenters. The second-order valence-electron chi connectivity index (χ2n) is 12.6. The van der Waals surface area contributed by atoms with Crippen LogP contribution in [-0.2, 0) is 49.4 Å². The molecule has 276 valence electrons. The average molecular weight is 724 g/mol. The van der Waals surface area contributed by atoms with E-state index in [0.29, 0.717) is 52.1 Å². The number of fused-ring (bicyclic) bond motifs is 2. The number of nitrogens with zero attached hydrogens (tertiary/aromatic N) is 7. The van der Waals surface area contributed by atoms with Crippen molar-refractivity contribution in [3.05, 3.63) is 107 Å². The summed E-state index contributed by atoms with van der Waals surface area (Å²) in [6.07, 6.45) is 4.01. The summed E-state index contributed by atoms with van der Waals surface area (Å²) in [7, 11) is 3.46. The molecular weight excluding hydrogens is 682 g/mol. The first-order chi connectivity index (χ1) is 25.3. The molecular formula is C36H41N11O6. The molecule has 17 heteroatoms. The van der Waals surface area contributed by atoms with Gasteiger partial charge in [0.1, 0.15) is 28.4 Å². The summed E-state index contributed by atoms with van der Waals surface area (Å²) < 4.78 is 3.11. The number of hydrogen-bond donors (Lipinski definition) is 4. The number of anilines is 2. The summed E-state index contributed by atoms with van der Waals surface area (Å²) in [5.74, 6) is 0.496. The van der Waals surface area contributed by atoms with Crippen molar-refractivity contribution >= 4 is 50.9 Å². The zero-order valence-corrected chi connectivity index (χ0v) is 30.4. The zero-order valence-electron chi connectivity index (χ0n) is 30.4. The Labute approximate surface area is 303 Å². The second-order valence-corrected chi connectivity index (χ2v) is 12.6. The summed E-state index contributed by atoms with van der Waals surface area (Å²) >= 11 is 0. The van der Waals surface area contributed by atoms with Gasteiger partial charge in [0.2, 0.25) is 11.8 Å². The van der Waals surface area contributed by atoms with Gasteiger partial charge in [0, 0.05) is 52.5 Å². The van der Waals surface area contributed by atoms with Gasteiger partial charge < -0.3 is 20.6 Å². The molecule has 4 N–H and O–H groups in total. The fourth-order valence-corrected chi connectivity index (χ4v) is 5.99. The van der Waals surface area contributed by atoms with Crippen LogP contribution in [0.15, 0.2) is 52.1 Å². The van der Waals surface area contributed by atoms with Crippen LogP contribution in [0, 0.1) is 10.1 Å². The van der Waals surface area contributed by atoms with Crippen molar-refractivity contribution in [2.24, 2.45) is 14.1 Å². The number of aromatic amines is 2. The Morgan fingerprint density at radius 1 is 0.755 bits per heavy atom. The Balaban J connectivity index is 0.000000206. The largest absolute Gasteiger partial charge is 0.326 e. The molecule has 6 aromatic rings. The van der Waals surface area contributed by atoms with E-state index in [2.05, 4.69) is 47.7 Å². The minimum Gasteiger partial charge on any atom is -0.326 e. The lowest BCUT2D eigenvalue weighted by Gasteiger charge is -2.07. The summed E-state index contributed by atoms with van der Waals surface area (Å²) in [6, 6.07) is 12.0. The van der Waals surface area contributed by atoms with Gasteiger partial charge in [0.05, 0.1) is 16.3 Å². The van der Waals surface area contributed by atoms with Gasteiger partial charge >= 0.3 is 0 Å². The number of carbonyl (C=O) groups is 2. The number of benzene rings is 2. The lowest BCUT2D eigenvalue weighted by molar-refractivity contribution is -0.384. The summed E-state index contributed by atoms with van der Waals surface area (Å²) in [5.41, 5.74) is 5.49. The van der Waals surface area contributed by atoms with Crippen molar-refractivity contribution in [2.45, 2.75) is 66.2 Å². The molecule has 0 aliphatic rings. The van der Waals surface area contributed by atoms with Crippen LogP contribution in [0.5, 0.6) is 0 Å². The van der Waals surface area contributed by atoms with Gasteiger partial charge in [-0.25, -0.2) is 9.97 Å². The highest BCUT2D eigenvalue weighted by Gasteiger charge is 2.19. The number of aryl methyl sites for hydroxylation is 4. The molecule has 53 heavy (non-hydrogen) atoms. The van der Waals surface area contributed by atoms with Crippen LogP contribution >= 0.6 is 0 Å². The number of hydrogen-bond acceptors (Lipinski definition) is 10. The molecule has 4 aromatic heterocycles. The Hall–Kier alpha value is -6.52. The van der Waals surface area contributed by atoms with Gasteiger partial charge in [-0.1, -0.05) is 44.9 Å². The van der Waals surface area contributed by atoms with Crippen LogP contribution < -0.4 is 21.8 Å². The number of amides is 2. The van der Waals surface area contributed by atoms with Crippen LogP contribution in [0.4, 0.5) is 17.1 Å². The van der Waals surface area contributed by atoms with E-state index in [1.54, 1.807) is 24.8 Å². The van der Waals surface area contributed by atoms with E-state index in [1.807, 2.05) is 31.2 Å². The quantitative estimate of drug-likeness (QED) is 0.110. The highest BCUT2D eigenvalue weighted by molar-refractivity contribution is 5.91. The molecule has 2 aromatic carbocycles. The van der Waals surface area contributed by atoms with Crippen LogP contribution in [0.1, 0.15) is 74.7 Å². The highest BCUT2D eigenvalue weighted by atomic mass is 16.6. The minimum atomic E-state index is -0.561. The SMILES string of the molecule is CCCc1nn(C)c2c(=O)[nH]c(Cc3ccc(NC(C)=O)c([N+](=O)[O-])c3)nc12.CCCc1nn(C)c2c(=O)[nH]c(Cc3ccc(NC(C)=O)cc3)nc12. The van der Waals surface area contributed by atoms with Crippen molar-refractivity contribution < 1.29 is 14.5 Å². The third-order valence-corrected chi connectivity index (χ3v) is 8.18. The van der Waals surface area contributed by atoms with Gasteiger partial charge in [-0.3, -0.25) is 38.7 Å². The van der Waals surface area contributed by atoms with Crippen molar-refractivity contribution in [1.82, 2.24) is 39.5 Å². The van der Waals surface area contributed by atoms with Crippen molar-refractivity contribution in [1.29, 1.82) is 0 Å². The van der Waals surface area contributed by atoms with E-state index in [-0.39, 0.29) is 34.8 Å². The topological polar surface area (TPSA) is 228 Å². The molecule has 2 amide bonds. The number of carbonyl (C=O) groups excluding carboxylic acids is 2. The predicted octanol–water partition coefficient (Wildman–Crippen LogP) is 4.22. The van der Waals surface area contributed by atoms with Crippen molar-refractivity contribution in [3.63, 3.8) is 0 Å². The van der Waals surface area contributed by atoms with E-state index in [0.717, 1.165) is 41.9 Å². The smallest absolute Gasteiger partial charge is 0.293 e. The fraction of sp³-hybridized carbons (Fsp3) is 0.333. The number of nitrogens with one attached hydrogen (secondary N) is 4. The number of rotatable bonds is 11. The van der Waals surface area contributed by atoms with Gasteiger partial charge in [-0.2, -0.15) is 10.2 Å². The Morgan fingerprint density at radius 2 is 1.23 bits per heavy atom. The standard InChI is InChI=1S/C18H20N6O4.C18H21N5O2/c1-4-5-13-16-17(23(3)22-13)18(26)21-15(20-16)9-11-6-7-12(19-10(2)25)14(8-11)24(27)28;1-4-5-14-16-17(23(3)22-14)18(25)21-15(20-16)10-12-6-8-13(9-7-12)19-11(2)24/h6-8H,4-5,9H2,1-3H3,(H,19,25)(H,20,21,26);6-9H,4-5,10H2,1-3H3,(H,19,24)(H,20,21,25). The van der Waals surface area contributed by atoms with E-state index >= 15 is 0 Å². The normalized spacial score (nSPS) is 11.0. The first-order valence-electron chi connectivity index (χ1n) is 17.1. The van der Waals surface area contributed by atoms with E-state index < -0.39 is 10.8 Å². The Kier molecular flexibility index (Phi) is 11.5. The Bertz CT molecular complexity index is 2440. The molecule has 0 radical (unpaired) electrons. The average Bonchev–Trinajstić information content (AvgIpc) is 3.57. The van der Waals surface area contributed by atoms with E-state index in [9.17, 15) is 29.3 Å². The van der Waals surface area contributed by atoms with Crippen LogP contribution in [0.2, 0.25) is 0 Å². The maximum Gasteiger partial charge on any atom is 0.293 e. The first-order valence-corrected chi connectivity index (χ1v) is 17.1. The summed E-state index contributed by atoms with van der Waals surface area (Å²) in [4.78, 5) is 72.7. The van der Waals surface area contributed by atoms with Gasteiger partial charge in [0.25, 0.3) is 16.8 Å². The predicted molar refractivity (Wildman–Crippen MR) is 200 cm³/mol. The van der Waals surface area contributed by atoms with E-state index in [4.69, 9.17) is 0 Å². The molecule has 0 unspecified atom stereocenters. The molecule has 0 saturated carbocycles. The fourth-order valence-electron chi connectivity index (χ4n) is 5.99. The lowest BCUT2D eigenvalue weighted by atomic mass is 10.1. The number of nitro benzene ring substituents is 1. The van der Waals surface area contributed by atoms with Crippen molar-refractivity contribution in [3.8, 4) is 0 Å². The monoisotopic (exact) mass is 723 g/mol. The second kappa shape index (κ2) is 16.2. The Morgan fingerprint density at radius 3 is 1.68 bits per heavy atom. The van der Waals surface area contributed by atoms with Gasteiger partial charge in [0.15, 0.2) is 11.0 Å². The highest BCUT2D eigenvalue weighted by Crippen LogP contribution is 2.27. The lowest BCUT2D eigenvalue weighted by Crippen LogP contribution is -2.14. The van der Waals surface area contributed by atoms with E-state index in [1.165, 1.54) is 30.7 Å². The molecule has 17 nitrogen and oxygen atoms in total. The summed E-state index contributed by atoms with van der Waals surface area (Å²) in [6.45, 7) is 6.85. The molecule has 6 rings (SSSR count). The molecule has 0 bridgehead atoms. The third kappa shape index (κ3) is 8.87. The molecule has 0 aliphatic carbocycles. The van der Waals surface area contributed by atoms with Gasteiger partial charge in [-0.15, -0.1) is 0 Å². The molecule has 4 heterocycles. The maximum absolute atomic E-state index is 12.5. The number of aromatic nitrogens is 8. The third-order valence-electron chi connectivity index (χ3n) is 8.18. The molecule has 0 spiro atoms. The molecule has 0 saturated heterocycles. The summed E-state index contributed by atoms with van der Waals surface area (Å²) in [5, 5.41) is 25.3. The zero-order chi connectivity index (χ0) is 38.4. The van der Waals surface area contributed by atoms with Crippen LogP contribution in [0.25, 0.3) is 22.1 Å². The molecule has 0 aliphatic heterocycles. The van der Waals surface area contributed by atoms with Crippen LogP contribution in [0.3, 0.4) is 0 Å². The first kappa shape index (κ1) is 37.7. The maximum atomic E-state index is 12.5. The van der Waals surface area contributed by atoms with Crippen molar-refractivity contribution in [2.75, 3.05) is 10.6 Å². The molecule has 0 fully saturated rings. The van der Waals surface area contributed by atoms with Gasteiger partial charge in [-0.05, 0) is 42.2 Å². The number of H-pyrrole nitrogens is 2. The number of nitro groups is 1. The van der Waals surface area contributed by atoms with Crippen LogP contribution in [-0.4, -0.2) is 56.2 Å². The minimum absolute atomic E-state index is 0.107.